The van der Waals surface area contributed by atoms with Crippen molar-refractivity contribution >= 4 is 5.96 Å². The molecule has 0 bridgehead atoms. The van der Waals surface area contributed by atoms with E-state index >= 15 is 0 Å². The van der Waals surface area contributed by atoms with Gasteiger partial charge in [-0.2, -0.15) is 0 Å². The number of rotatable bonds is 2. The topological polar surface area (TPSA) is 27.6 Å². The van der Waals surface area contributed by atoms with Crippen LogP contribution in [0.15, 0.2) is 41.9 Å². The molecule has 0 atom stereocenters. The van der Waals surface area contributed by atoms with Crippen molar-refractivity contribution in [2.45, 2.75) is 13.0 Å². The second-order valence-electron chi connectivity index (χ2n) is 4.16. The van der Waals surface area contributed by atoms with E-state index in [4.69, 9.17) is 0 Å². The first-order valence-corrected chi connectivity index (χ1v) is 5.98. The Balaban J connectivity index is 2.08. The third kappa shape index (κ3) is 2.67. The number of hydrogen-bond acceptors (Lipinski definition) is 1. The third-order valence-electron chi connectivity index (χ3n) is 3.05. The summed E-state index contributed by atoms with van der Waals surface area (Å²) in [6, 6.07) is 8.62. The summed E-state index contributed by atoms with van der Waals surface area (Å²) in [5, 5.41) is 3.28. The van der Waals surface area contributed by atoms with Crippen LogP contribution in [-0.2, 0) is 13.0 Å². The van der Waals surface area contributed by atoms with Crippen molar-refractivity contribution in [2.24, 2.45) is 4.99 Å². The number of aliphatic imine (C=N–C) groups is 1. The molecule has 0 aromatic heterocycles. The van der Waals surface area contributed by atoms with Crippen molar-refractivity contribution in [1.82, 2.24) is 10.2 Å². The molecule has 0 aliphatic carbocycles. The lowest BCUT2D eigenvalue weighted by molar-refractivity contribution is 0.380. The zero-order valence-corrected chi connectivity index (χ0v) is 10.3. The van der Waals surface area contributed by atoms with Gasteiger partial charge in [0.2, 0.25) is 0 Å². The van der Waals surface area contributed by atoms with E-state index in [0.29, 0.717) is 0 Å². The Kier molecular flexibility index (Phi) is 3.81. The van der Waals surface area contributed by atoms with Gasteiger partial charge in [0, 0.05) is 26.7 Å². The normalized spacial score (nSPS) is 15.4. The van der Waals surface area contributed by atoms with Gasteiger partial charge in [0.15, 0.2) is 5.96 Å². The number of nitrogens with zero attached hydrogens (tertiary/aromatic N) is 2. The predicted octanol–water partition coefficient (Wildman–Crippen LogP) is 1.81. The first-order valence-electron chi connectivity index (χ1n) is 5.98. The molecule has 17 heavy (non-hydrogen) atoms. The molecular weight excluding hydrogens is 210 g/mol. The lowest BCUT2D eigenvalue weighted by Crippen LogP contribution is -2.44. The van der Waals surface area contributed by atoms with Crippen molar-refractivity contribution in [1.29, 1.82) is 0 Å². The van der Waals surface area contributed by atoms with Crippen LogP contribution in [0, 0.1) is 0 Å². The van der Waals surface area contributed by atoms with Crippen molar-refractivity contribution in [3.05, 3.63) is 48.0 Å². The van der Waals surface area contributed by atoms with Crippen LogP contribution in [-0.4, -0.2) is 31.0 Å². The zero-order valence-electron chi connectivity index (χ0n) is 10.3. The number of guanidine groups is 1. The molecule has 1 heterocycles. The molecule has 2 rings (SSSR count). The van der Waals surface area contributed by atoms with Gasteiger partial charge in [0.05, 0.1) is 0 Å². The highest BCUT2D eigenvalue weighted by molar-refractivity contribution is 5.80. The molecule has 0 amide bonds. The molecule has 1 N–H and O–H groups in total. The summed E-state index contributed by atoms with van der Waals surface area (Å²) in [6.07, 6.45) is 2.94. The largest absolute Gasteiger partial charge is 0.353 e. The lowest BCUT2D eigenvalue weighted by Gasteiger charge is -2.31. The Hall–Kier alpha value is -1.77. The molecule has 90 valence electrons. The van der Waals surface area contributed by atoms with E-state index in [2.05, 4.69) is 46.1 Å². The Labute approximate surface area is 103 Å². The standard InChI is InChI=1S/C14H19N3/c1-3-9-16-14(15-2)17-10-8-12-6-4-5-7-13(12)11-17/h3-7H,1,8-11H2,2H3,(H,15,16). The predicted molar refractivity (Wildman–Crippen MR) is 72.1 cm³/mol. The van der Waals surface area contributed by atoms with Crippen LogP contribution >= 0.6 is 0 Å². The molecule has 0 saturated carbocycles. The van der Waals surface area contributed by atoms with E-state index in [1.54, 1.807) is 0 Å². The molecule has 3 nitrogen and oxygen atoms in total. The summed E-state index contributed by atoms with van der Waals surface area (Å²) in [5.74, 6) is 0.958. The molecule has 1 aliphatic rings. The van der Waals surface area contributed by atoms with E-state index in [-0.39, 0.29) is 0 Å². The quantitative estimate of drug-likeness (QED) is 0.476. The number of fused-ring (bicyclic) bond motifs is 1. The smallest absolute Gasteiger partial charge is 0.194 e. The Morgan fingerprint density at radius 2 is 2.24 bits per heavy atom. The molecule has 0 radical (unpaired) electrons. The molecule has 1 aromatic rings. The van der Waals surface area contributed by atoms with Gasteiger partial charge in [-0.1, -0.05) is 30.3 Å². The first kappa shape index (κ1) is 11.7. The van der Waals surface area contributed by atoms with Crippen LogP contribution in [0.3, 0.4) is 0 Å². The molecular formula is C14H19N3. The number of benzene rings is 1. The van der Waals surface area contributed by atoms with Gasteiger partial charge < -0.3 is 10.2 Å². The maximum atomic E-state index is 4.31. The fourth-order valence-corrected chi connectivity index (χ4v) is 2.17. The van der Waals surface area contributed by atoms with Gasteiger partial charge in [0.25, 0.3) is 0 Å². The van der Waals surface area contributed by atoms with E-state index in [1.807, 2.05) is 13.1 Å². The van der Waals surface area contributed by atoms with Gasteiger partial charge in [-0.25, -0.2) is 0 Å². The average Bonchev–Trinajstić information content (AvgIpc) is 2.39. The molecule has 0 unspecified atom stereocenters. The van der Waals surface area contributed by atoms with E-state index < -0.39 is 0 Å². The minimum absolute atomic E-state index is 0.755. The summed E-state index contributed by atoms with van der Waals surface area (Å²) in [7, 11) is 1.83. The van der Waals surface area contributed by atoms with Crippen molar-refractivity contribution < 1.29 is 0 Å². The van der Waals surface area contributed by atoms with Gasteiger partial charge in [0.1, 0.15) is 0 Å². The first-order chi connectivity index (χ1) is 8.35. The summed E-state index contributed by atoms with van der Waals surface area (Å²) < 4.78 is 0. The molecule has 0 spiro atoms. The summed E-state index contributed by atoms with van der Waals surface area (Å²) in [5.41, 5.74) is 2.86. The number of nitrogens with one attached hydrogen (secondary N) is 1. The fourth-order valence-electron chi connectivity index (χ4n) is 2.17. The average molecular weight is 229 g/mol. The summed E-state index contributed by atoms with van der Waals surface area (Å²) in [4.78, 5) is 6.59. The summed E-state index contributed by atoms with van der Waals surface area (Å²) >= 11 is 0. The van der Waals surface area contributed by atoms with Crippen LogP contribution in [0.5, 0.6) is 0 Å². The molecule has 0 saturated heterocycles. The van der Waals surface area contributed by atoms with Crippen LogP contribution in [0.4, 0.5) is 0 Å². The van der Waals surface area contributed by atoms with Crippen LogP contribution in [0.25, 0.3) is 0 Å². The molecule has 1 aromatic carbocycles. The van der Waals surface area contributed by atoms with Gasteiger partial charge >= 0.3 is 0 Å². The zero-order chi connectivity index (χ0) is 12.1. The Bertz CT molecular complexity index is 423. The molecule has 3 heteroatoms. The van der Waals surface area contributed by atoms with Gasteiger partial charge in [-0.15, -0.1) is 6.58 Å². The lowest BCUT2D eigenvalue weighted by atomic mass is 10.0. The van der Waals surface area contributed by atoms with Gasteiger partial charge in [-0.05, 0) is 17.5 Å². The van der Waals surface area contributed by atoms with Gasteiger partial charge in [-0.3, -0.25) is 4.99 Å². The highest BCUT2D eigenvalue weighted by Gasteiger charge is 2.17. The second-order valence-corrected chi connectivity index (χ2v) is 4.16. The van der Waals surface area contributed by atoms with E-state index in [0.717, 1.165) is 32.0 Å². The maximum absolute atomic E-state index is 4.31. The van der Waals surface area contributed by atoms with E-state index in [9.17, 15) is 0 Å². The van der Waals surface area contributed by atoms with Crippen LogP contribution in [0.1, 0.15) is 11.1 Å². The highest BCUT2D eigenvalue weighted by Crippen LogP contribution is 2.18. The summed E-state index contributed by atoms with van der Waals surface area (Å²) in [6.45, 7) is 6.43. The van der Waals surface area contributed by atoms with Crippen molar-refractivity contribution in [3.63, 3.8) is 0 Å². The fraction of sp³-hybridized carbons (Fsp3) is 0.357. The van der Waals surface area contributed by atoms with Crippen LogP contribution in [0.2, 0.25) is 0 Å². The second kappa shape index (κ2) is 5.53. The van der Waals surface area contributed by atoms with Crippen molar-refractivity contribution in [3.8, 4) is 0 Å². The Morgan fingerprint density at radius 1 is 1.47 bits per heavy atom. The monoisotopic (exact) mass is 229 g/mol. The third-order valence-corrected chi connectivity index (χ3v) is 3.05. The van der Waals surface area contributed by atoms with Crippen LogP contribution < -0.4 is 5.32 Å². The number of hydrogen-bond donors (Lipinski definition) is 1. The maximum Gasteiger partial charge on any atom is 0.194 e. The molecule has 0 fully saturated rings. The SMILES string of the molecule is C=CCNC(=NC)N1CCc2ccccc2C1. The minimum atomic E-state index is 0.755. The minimum Gasteiger partial charge on any atom is -0.353 e. The Morgan fingerprint density at radius 3 is 2.94 bits per heavy atom. The molecule has 1 aliphatic heterocycles. The highest BCUT2D eigenvalue weighted by atomic mass is 15.3. The van der Waals surface area contributed by atoms with E-state index in [1.165, 1.54) is 11.1 Å². The van der Waals surface area contributed by atoms with Crippen molar-refractivity contribution in [2.75, 3.05) is 20.1 Å².